The Labute approximate surface area is 134 Å². The number of benzene rings is 2. The van der Waals surface area contributed by atoms with Gasteiger partial charge in [-0.25, -0.2) is 0 Å². The molecule has 6 nitrogen and oxygen atoms in total. The minimum Gasteiger partial charge on any atom is -0.508 e. The van der Waals surface area contributed by atoms with E-state index in [1.807, 2.05) is 18.2 Å². The average molecular weight is 313 g/mol. The number of rotatable bonds is 5. The molecule has 120 valence electrons. The summed E-state index contributed by atoms with van der Waals surface area (Å²) in [7, 11) is 1.64. The van der Waals surface area contributed by atoms with Crippen molar-refractivity contribution >= 4 is 23.2 Å². The standard InChI is InChI=1S/C17H19N3O3/c1-19(13-6-3-2-4-7-13)17(23)12-20(16(22)11-18)14-8-5-9-15(21)10-14/h2-10,21H,11-12,18H2,1H3. The molecule has 2 aromatic rings. The molecule has 0 aromatic heterocycles. The van der Waals surface area contributed by atoms with Gasteiger partial charge in [-0.15, -0.1) is 0 Å². The maximum absolute atomic E-state index is 12.5. The van der Waals surface area contributed by atoms with Crippen molar-refractivity contribution in [3.63, 3.8) is 0 Å². The van der Waals surface area contributed by atoms with Crippen LogP contribution in [-0.2, 0) is 9.59 Å². The van der Waals surface area contributed by atoms with Gasteiger partial charge in [-0.3, -0.25) is 9.59 Å². The van der Waals surface area contributed by atoms with Crippen LogP contribution in [0.1, 0.15) is 0 Å². The number of phenolic OH excluding ortho intramolecular Hbond substituents is 1. The van der Waals surface area contributed by atoms with Crippen LogP contribution in [0.15, 0.2) is 54.6 Å². The van der Waals surface area contributed by atoms with Gasteiger partial charge in [-0.2, -0.15) is 0 Å². The van der Waals surface area contributed by atoms with Gasteiger partial charge in [-0.05, 0) is 24.3 Å². The highest BCUT2D eigenvalue weighted by molar-refractivity contribution is 6.04. The minimum atomic E-state index is -0.398. The highest BCUT2D eigenvalue weighted by atomic mass is 16.3. The van der Waals surface area contributed by atoms with Crippen LogP contribution in [0.5, 0.6) is 5.75 Å². The summed E-state index contributed by atoms with van der Waals surface area (Å²) in [5, 5.41) is 9.57. The van der Waals surface area contributed by atoms with Crippen LogP contribution >= 0.6 is 0 Å². The lowest BCUT2D eigenvalue weighted by atomic mass is 10.2. The quantitative estimate of drug-likeness (QED) is 0.872. The summed E-state index contributed by atoms with van der Waals surface area (Å²) < 4.78 is 0. The van der Waals surface area contributed by atoms with Gasteiger partial charge in [0, 0.05) is 24.5 Å². The summed E-state index contributed by atoms with van der Waals surface area (Å²) in [5.41, 5.74) is 6.59. The van der Waals surface area contributed by atoms with E-state index < -0.39 is 5.91 Å². The molecule has 0 aliphatic rings. The molecule has 0 bridgehead atoms. The fourth-order valence-corrected chi connectivity index (χ4v) is 2.13. The Hall–Kier alpha value is -2.86. The van der Waals surface area contributed by atoms with Crippen molar-refractivity contribution in [2.75, 3.05) is 29.9 Å². The van der Waals surface area contributed by atoms with Gasteiger partial charge in [0.05, 0.1) is 6.54 Å². The van der Waals surface area contributed by atoms with Crippen molar-refractivity contribution in [1.82, 2.24) is 0 Å². The number of carbonyl (C=O) groups excluding carboxylic acids is 2. The van der Waals surface area contributed by atoms with E-state index in [9.17, 15) is 14.7 Å². The van der Waals surface area contributed by atoms with Gasteiger partial charge in [0.1, 0.15) is 12.3 Å². The molecular formula is C17H19N3O3. The number of carbonyl (C=O) groups is 2. The summed E-state index contributed by atoms with van der Waals surface area (Å²) in [4.78, 5) is 27.3. The van der Waals surface area contributed by atoms with E-state index in [0.29, 0.717) is 5.69 Å². The van der Waals surface area contributed by atoms with Crippen LogP contribution < -0.4 is 15.5 Å². The third kappa shape index (κ3) is 4.08. The maximum atomic E-state index is 12.5. The zero-order valence-corrected chi connectivity index (χ0v) is 12.8. The van der Waals surface area contributed by atoms with Crippen molar-refractivity contribution in [2.24, 2.45) is 5.73 Å². The van der Waals surface area contributed by atoms with Gasteiger partial charge in [0.2, 0.25) is 11.8 Å². The molecule has 0 atom stereocenters. The average Bonchev–Trinajstić information content (AvgIpc) is 2.58. The van der Waals surface area contributed by atoms with E-state index in [4.69, 9.17) is 5.73 Å². The van der Waals surface area contributed by atoms with Crippen LogP contribution in [0.25, 0.3) is 0 Å². The van der Waals surface area contributed by atoms with E-state index in [0.717, 1.165) is 5.69 Å². The third-order valence-corrected chi connectivity index (χ3v) is 3.43. The first-order valence-corrected chi connectivity index (χ1v) is 7.14. The number of anilines is 2. The zero-order valence-electron chi connectivity index (χ0n) is 12.8. The Kier molecular flexibility index (Phi) is 5.32. The van der Waals surface area contributed by atoms with Crippen molar-refractivity contribution in [2.45, 2.75) is 0 Å². The van der Waals surface area contributed by atoms with Crippen LogP contribution in [0.2, 0.25) is 0 Å². The molecule has 2 rings (SSSR count). The largest absolute Gasteiger partial charge is 0.508 e. The number of likely N-dealkylation sites (N-methyl/N-ethyl adjacent to an activating group) is 1. The molecule has 0 saturated carbocycles. The van der Waals surface area contributed by atoms with E-state index >= 15 is 0 Å². The molecule has 0 saturated heterocycles. The van der Waals surface area contributed by atoms with E-state index in [1.54, 1.807) is 31.3 Å². The number of hydrogen-bond acceptors (Lipinski definition) is 4. The van der Waals surface area contributed by atoms with Gasteiger partial charge in [-0.1, -0.05) is 24.3 Å². The molecule has 6 heteroatoms. The SMILES string of the molecule is CN(C(=O)CN(C(=O)CN)c1cccc(O)c1)c1ccccc1. The smallest absolute Gasteiger partial charge is 0.246 e. The van der Waals surface area contributed by atoms with Crippen LogP contribution in [-0.4, -0.2) is 37.1 Å². The number of amides is 2. The van der Waals surface area contributed by atoms with Crippen LogP contribution in [0.3, 0.4) is 0 Å². The number of para-hydroxylation sites is 1. The van der Waals surface area contributed by atoms with Gasteiger partial charge >= 0.3 is 0 Å². The van der Waals surface area contributed by atoms with E-state index in [2.05, 4.69) is 0 Å². The van der Waals surface area contributed by atoms with Gasteiger partial charge in [0.15, 0.2) is 0 Å². The molecule has 0 aliphatic heterocycles. The number of phenols is 1. The summed E-state index contributed by atoms with van der Waals surface area (Å²) in [6.45, 7) is -0.386. The molecule has 23 heavy (non-hydrogen) atoms. The molecule has 0 unspecified atom stereocenters. The highest BCUT2D eigenvalue weighted by Gasteiger charge is 2.21. The molecular weight excluding hydrogens is 294 g/mol. The second-order valence-corrected chi connectivity index (χ2v) is 4.99. The Balaban J connectivity index is 2.21. The number of nitrogens with two attached hydrogens (primary N) is 1. The first kappa shape index (κ1) is 16.5. The fourth-order valence-electron chi connectivity index (χ4n) is 2.13. The topological polar surface area (TPSA) is 86.9 Å². The minimum absolute atomic E-state index is 0.0150. The molecule has 3 N–H and O–H groups in total. The third-order valence-electron chi connectivity index (χ3n) is 3.43. The molecule has 0 fully saturated rings. The van der Waals surface area contributed by atoms with Crippen molar-refractivity contribution < 1.29 is 14.7 Å². The Morgan fingerprint density at radius 3 is 2.26 bits per heavy atom. The summed E-state index contributed by atoms with van der Waals surface area (Å²) in [6, 6.07) is 15.3. The molecule has 0 aliphatic carbocycles. The van der Waals surface area contributed by atoms with E-state index in [1.165, 1.54) is 21.9 Å². The van der Waals surface area contributed by atoms with Crippen LogP contribution in [0.4, 0.5) is 11.4 Å². The Morgan fingerprint density at radius 1 is 1.00 bits per heavy atom. The lowest BCUT2D eigenvalue weighted by molar-refractivity contribution is -0.121. The number of nitrogens with zero attached hydrogens (tertiary/aromatic N) is 2. The zero-order chi connectivity index (χ0) is 16.8. The number of hydrogen-bond donors (Lipinski definition) is 2. The maximum Gasteiger partial charge on any atom is 0.246 e. The van der Waals surface area contributed by atoms with Crippen LogP contribution in [0, 0.1) is 0 Å². The summed E-state index contributed by atoms with van der Waals surface area (Å²) >= 11 is 0. The van der Waals surface area contributed by atoms with Crippen molar-refractivity contribution in [1.29, 1.82) is 0 Å². The molecule has 0 spiro atoms. The Morgan fingerprint density at radius 2 is 1.65 bits per heavy atom. The predicted octanol–water partition coefficient (Wildman–Crippen LogP) is 1.35. The molecule has 0 heterocycles. The Bertz CT molecular complexity index is 688. The second kappa shape index (κ2) is 7.42. The molecule has 2 aromatic carbocycles. The number of aromatic hydroxyl groups is 1. The highest BCUT2D eigenvalue weighted by Crippen LogP contribution is 2.21. The summed E-state index contributed by atoms with van der Waals surface area (Å²) in [5.74, 6) is -0.645. The van der Waals surface area contributed by atoms with Crippen molar-refractivity contribution in [3.05, 3.63) is 54.6 Å². The van der Waals surface area contributed by atoms with Crippen molar-refractivity contribution in [3.8, 4) is 5.75 Å². The lowest BCUT2D eigenvalue weighted by Crippen LogP contribution is -2.44. The first-order chi connectivity index (χ1) is 11.0. The van der Waals surface area contributed by atoms with Gasteiger partial charge < -0.3 is 20.6 Å². The molecule has 0 radical (unpaired) electrons. The second-order valence-electron chi connectivity index (χ2n) is 4.99. The summed E-state index contributed by atoms with van der Waals surface area (Å²) in [6.07, 6.45) is 0. The normalized spacial score (nSPS) is 10.2. The lowest BCUT2D eigenvalue weighted by Gasteiger charge is -2.25. The molecule has 2 amide bonds. The monoisotopic (exact) mass is 313 g/mol. The first-order valence-electron chi connectivity index (χ1n) is 7.14. The van der Waals surface area contributed by atoms with E-state index in [-0.39, 0.29) is 24.7 Å². The fraction of sp³-hybridized carbons (Fsp3) is 0.176. The predicted molar refractivity (Wildman–Crippen MR) is 89.4 cm³/mol. The van der Waals surface area contributed by atoms with Gasteiger partial charge in [0.25, 0.3) is 0 Å².